The molecule has 0 aliphatic rings. The van der Waals surface area contributed by atoms with Gasteiger partial charge in [0.1, 0.15) is 11.6 Å². The third-order valence-corrected chi connectivity index (χ3v) is 5.64. The van der Waals surface area contributed by atoms with E-state index in [9.17, 15) is 21.8 Å². The van der Waals surface area contributed by atoms with Crippen LogP contribution in [0.4, 0.5) is 17.6 Å². The van der Waals surface area contributed by atoms with Crippen LogP contribution in [-0.4, -0.2) is 26.1 Å². The Morgan fingerprint density at radius 3 is 2.23 bits per heavy atom. The highest BCUT2D eigenvalue weighted by atomic mass is 32.2. The first-order valence-electron chi connectivity index (χ1n) is 7.82. The SMILES string of the molecule is CC(C)(C)[S@](=O)C[C@@H](c1ccc(OC(F)(F)F)cc1)c1ncccc1F. The summed E-state index contributed by atoms with van der Waals surface area (Å²) in [5.41, 5.74) is 0.615. The standard InChI is InChI=1S/C18H19F4NO2S/c1-17(2,3)26(24)11-14(16-15(19)5-4-10-23-16)12-6-8-13(9-7-12)25-18(20,21)22/h4-10,14H,11H2,1-3H3/t14-,26+/m0/s1. The molecule has 0 amide bonds. The lowest BCUT2D eigenvalue weighted by molar-refractivity contribution is -0.274. The van der Waals surface area contributed by atoms with Crippen LogP contribution in [0.1, 0.15) is 37.9 Å². The number of aromatic nitrogens is 1. The molecule has 8 heteroatoms. The zero-order valence-corrected chi connectivity index (χ0v) is 15.3. The first kappa shape index (κ1) is 20.4. The Morgan fingerprint density at radius 2 is 1.73 bits per heavy atom. The fourth-order valence-electron chi connectivity index (χ4n) is 2.29. The predicted molar refractivity (Wildman–Crippen MR) is 91.9 cm³/mol. The van der Waals surface area contributed by atoms with Crippen molar-refractivity contribution in [1.29, 1.82) is 0 Å². The summed E-state index contributed by atoms with van der Waals surface area (Å²) < 4.78 is 67.0. The minimum absolute atomic E-state index is 0.0942. The smallest absolute Gasteiger partial charge is 0.406 e. The zero-order chi connectivity index (χ0) is 19.5. The van der Waals surface area contributed by atoms with Gasteiger partial charge in [-0.05, 0) is 50.6 Å². The highest BCUT2D eigenvalue weighted by Gasteiger charge is 2.31. The van der Waals surface area contributed by atoms with Crippen molar-refractivity contribution < 1.29 is 26.5 Å². The summed E-state index contributed by atoms with van der Waals surface area (Å²) in [5.74, 6) is -1.50. The van der Waals surface area contributed by atoms with Crippen molar-refractivity contribution >= 4 is 10.8 Å². The van der Waals surface area contributed by atoms with Gasteiger partial charge in [-0.15, -0.1) is 13.2 Å². The molecule has 2 rings (SSSR count). The van der Waals surface area contributed by atoms with E-state index in [1.54, 1.807) is 20.8 Å². The highest BCUT2D eigenvalue weighted by Crippen LogP contribution is 2.31. The Hall–Kier alpha value is -1.96. The fourth-order valence-corrected chi connectivity index (χ4v) is 3.44. The van der Waals surface area contributed by atoms with Crippen molar-refractivity contribution in [3.63, 3.8) is 0 Å². The molecule has 2 aromatic rings. The number of hydrogen-bond donors (Lipinski definition) is 0. The molecule has 0 saturated heterocycles. The van der Waals surface area contributed by atoms with Gasteiger partial charge in [0.25, 0.3) is 0 Å². The Balaban J connectivity index is 2.38. The summed E-state index contributed by atoms with van der Waals surface area (Å²) in [5, 5.41) is 0. The maximum atomic E-state index is 14.2. The van der Waals surface area contributed by atoms with Gasteiger partial charge in [-0.2, -0.15) is 0 Å². The number of nitrogens with zero attached hydrogens (tertiary/aromatic N) is 1. The quantitative estimate of drug-likeness (QED) is 0.690. The first-order valence-corrected chi connectivity index (χ1v) is 9.14. The van der Waals surface area contributed by atoms with Gasteiger partial charge in [-0.1, -0.05) is 12.1 Å². The highest BCUT2D eigenvalue weighted by molar-refractivity contribution is 7.86. The van der Waals surface area contributed by atoms with Crippen LogP contribution in [0, 0.1) is 5.82 Å². The molecule has 142 valence electrons. The van der Waals surface area contributed by atoms with E-state index >= 15 is 0 Å². The van der Waals surface area contributed by atoms with E-state index in [0.29, 0.717) is 5.56 Å². The lowest BCUT2D eigenvalue weighted by atomic mass is 9.96. The molecule has 0 radical (unpaired) electrons. The second kappa shape index (κ2) is 7.73. The molecule has 1 aromatic carbocycles. The molecule has 0 N–H and O–H groups in total. The zero-order valence-electron chi connectivity index (χ0n) is 14.5. The maximum absolute atomic E-state index is 14.2. The molecule has 0 unspecified atom stereocenters. The van der Waals surface area contributed by atoms with Crippen molar-refractivity contribution in [3.8, 4) is 5.75 Å². The molecule has 1 aromatic heterocycles. The molecule has 2 atom stereocenters. The van der Waals surface area contributed by atoms with Crippen molar-refractivity contribution in [2.75, 3.05) is 5.75 Å². The molecular formula is C18H19F4NO2S. The van der Waals surface area contributed by atoms with E-state index in [-0.39, 0.29) is 17.2 Å². The van der Waals surface area contributed by atoms with Crippen LogP contribution in [0.3, 0.4) is 0 Å². The van der Waals surface area contributed by atoms with E-state index in [2.05, 4.69) is 9.72 Å². The third kappa shape index (κ3) is 5.52. The topological polar surface area (TPSA) is 39.2 Å². The van der Waals surface area contributed by atoms with Gasteiger partial charge >= 0.3 is 6.36 Å². The Morgan fingerprint density at radius 1 is 1.12 bits per heavy atom. The Bertz CT molecular complexity index is 770. The van der Waals surface area contributed by atoms with Gasteiger partial charge in [-0.3, -0.25) is 9.19 Å². The third-order valence-electron chi connectivity index (χ3n) is 3.63. The van der Waals surface area contributed by atoms with E-state index in [0.717, 1.165) is 12.1 Å². The van der Waals surface area contributed by atoms with Gasteiger partial charge < -0.3 is 4.74 Å². The fraction of sp³-hybridized carbons (Fsp3) is 0.389. The van der Waals surface area contributed by atoms with Gasteiger partial charge in [0.05, 0.1) is 5.69 Å². The average Bonchev–Trinajstić information content (AvgIpc) is 2.52. The van der Waals surface area contributed by atoms with Gasteiger partial charge in [-0.25, -0.2) is 4.39 Å². The molecular weight excluding hydrogens is 370 g/mol. The molecule has 26 heavy (non-hydrogen) atoms. The minimum atomic E-state index is -4.79. The van der Waals surface area contributed by atoms with Crippen molar-refractivity contribution in [1.82, 2.24) is 4.98 Å². The van der Waals surface area contributed by atoms with Gasteiger partial charge in [0.15, 0.2) is 0 Å². The number of ether oxygens (including phenoxy) is 1. The Labute approximate surface area is 151 Å². The van der Waals surface area contributed by atoms with E-state index in [1.807, 2.05) is 0 Å². The summed E-state index contributed by atoms with van der Waals surface area (Å²) in [6, 6.07) is 7.79. The molecule has 3 nitrogen and oxygen atoms in total. The molecule has 0 aliphatic carbocycles. The normalized spacial score (nSPS) is 14.7. The summed E-state index contributed by atoms with van der Waals surface area (Å²) in [6.45, 7) is 5.40. The second-order valence-corrected chi connectivity index (χ2v) is 8.91. The van der Waals surface area contributed by atoms with Crippen LogP contribution in [0.15, 0.2) is 42.6 Å². The van der Waals surface area contributed by atoms with Crippen molar-refractivity contribution in [2.24, 2.45) is 0 Å². The van der Waals surface area contributed by atoms with E-state index in [4.69, 9.17) is 0 Å². The molecule has 1 heterocycles. The summed E-state index contributed by atoms with van der Waals surface area (Å²) in [4.78, 5) is 4.05. The molecule has 0 spiro atoms. The lowest BCUT2D eigenvalue weighted by Crippen LogP contribution is -2.27. The van der Waals surface area contributed by atoms with Crippen LogP contribution < -0.4 is 4.74 Å². The molecule has 0 aliphatic heterocycles. The van der Waals surface area contributed by atoms with Crippen LogP contribution in [-0.2, 0) is 10.8 Å². The number of alkyl halides is 3. The van der Waals surface area contributed by atoms with E-state index < -0.39 is 33.6 Å². The van der Waals surface area contributed by atoms with Crippen molar-refractivity contribution in [3.05, 3.63) is 59.7 Å². The van der Waals surface area contributed by atoms with Crippen LogP contribution in [0.2, 0.25) is 0 Å². The van der Waals surface area contributed by atoms with Crippen molar-refractivity contribution in [2.45, 2.75) is 37.8 Å². The van der Waals surface area contributed by atoms with Gasteiger partial charge in [0.2, 0.25) is 0 Å². The average molecular weight is 389 g/mol. The number of hydrogen-bond acceptors (Lipinski definition) is 3. The van der Waals surface area contributed by atoms with E-state index in [1.165, 1.54) is 30.5 Å². The summed E-state index contributed by atoms with van der Waals surface area (Å²) >= 11 is 0. The number of rotatable bonds is 5. The monoisotopic (exact) mass is 389 g/mol. The largest absolute Gasteiger partial charge is 0.573 e. The maximum Gasteiger partial charge on any atom is 0.573 e. The second-order valence-electron chi connectivity index (χ2n) is 6.66. The molecule has 0 fully saturated rings. The molecule has 0 saturated carbocycles. The number of pyridine rings is 1. The van der Waals surface area contributed by atoms with Crippen LogP contribution in [0.25, 0.3) is 0 Å². The molecule has 0 bridgehead atoms. The van der Waals surface area contributed by atoms with Crippen LogP contribution >= 0.6 is 0 Å². The number of benzene rings is 1. The number of halogens is 4. The van der Waals surface area contributed by atoms with Crippen LogP contribution in [0.5, 0.6) is 5.75 Å². The minimum Gasteiger partial charge on any atom is -0.406 e. The Kier molecular flexibility index (Phi) is 6.05. The lowest BCUT2D eigenvalue weighted by Gasteiger charge is -2.23. The first-order chi connectivity index (χ1) is 12.0. The van der Waals surface area contributed by atoms with Gasteiger partial charge in [0, 0.05) is 33.4 Å². The predicted octanol–water partition coefficient (Wildman–Crippen LogP) is 4.80. The summed E-state index contributed by atoms with van der Waals surface area (Å²) in [6.07, 6.45) is -3.37. The summed E-state index contributed by atoms with van der Waals surface area (Å²) in [7, 11) is -1.32.